The van der Waals surface area contributed by atoms with E-state index in [-0.39, 0.29) is 18.2 Å². The Morgan fingerprint density at radius 1 is 1.09 bits per heavy atom. The fourth-order valence-corrected chi connectivity index (χ4v) is 1.99. The van der Waals surface area contributed by atoms with Gasteiger partial charge in [0, 0.05) is 24.1 Å². The van der Waals surface area contributed by atoms with Crippen molar-refractivity contribution in [2.75, 3.05) is 0 Å². The van der Waals surface area contributed by atoms with Crippen molar-refractivity contribution in [1.29, 1.82) is 0 Å². The number of phenols is 1. The minimum atomic E-state index is -2.51. The van der Waals surface area contributed by atoms with Gasteiger partial charge in [-0.15, -0.1) is 12.4 Å². The number of hydrogen-bond acceptors (Lipinski definition) is 3. The van der Waals surface area contributed by atoms with Crippen LogP contribution in [0.3, 0.4) is 0 Å². The van der Waals surface area contributed by atoms with Crippen LogP contribution in [0.4, 0.5) is 8.78 Å². The zero-order valence-electron chi connectivity index (χ0n) is 11.8. The molecule has 0 amide bonds. The first kappa shape index (κ1) is 18.2. The number of hydrogen-bond donors (Lipinski definition) is 2. The van der Waals surface area contributed by atoms with Crippen LogP contribution in [0.25, 0.3) is 0 Å². The van der Waals surface area contributed by atoms with Crippen LogP contribution in [-0.2, 0) is 6.61 Å². The van der Waals surface area contributed by atoms with Crippen molar-refractivity contribution in [3.8, 4) is 11.5 Å². The lowest BCUT2D eigenvalue weighted by molar-refractivity contribution is 0.128. The molecule has 6 heteroatoms. The molecular formula is C16H18ClF2NO2. The average Bonchev–Trinajstić information content (AvgIpc) is 2.45. The van der Waals surface area contributed by atoms with Crippen molar-refractivity contribution in [1.82, 2.24) is 0 Å². The standard InChI is InChI=1S/C16H17F2NO2.ClH/c17-16(18)9-14(19)13-7-6-12(8-15(13)20)21-10-11-4-2-1-3-5-11;/h1-8,14,16,20H,9-10,19H2;1H/t14-;/m0./s1. The van der Waals surface area contributed by atoms with Crippen molar-refractivity contribution in [2.24, 2.45) is 5.73 Å². The molecule has 2 aromatic carbocycles. The van der Waals surface area contributed by atoms with E-state index < -0.39 is 18.9 Å². The maximum absolute atomic E-state index is 12.3. The van der Waals surface area contributed by atoms with E-state index in [9.17, 15) is 13.9 Å². The van der Waals surface area contributed by atoms with Crippen LogP contribution in [0.15, 0.2) is 48.5 Å². The normalized spacial score (nSPS) is 11.8. The second-order valence-corrected chi connectivity index (χ2v) is 4.73. The minimum absolute atomic E-state index is 0. The molecule has 3 N–H and O–H groups in total. The lowest BCUT2D eigenvalue weighted by Gasteiger charge is -2.14. The molecule has 120 valence electrons. The molecule has 22 heavy (non-hydrogen) atoms. The summed E-state index contributed by atoms with van der Waals surface area (Å²) < 4.78 is 30.1. The van der Waals surface area contributed by atoms with E-state index in [1.54, 1.807) is 6.07 Å². The fourth-order valence-electron chi connectivity index (χ4n) is 1.99. The van der Waals surface area contributed by atoms with Gasteiger partial charge < -0.3 is 15.6 Å². The van der Waals surface area contributed by atoms with Crippen molar-refractivity contribution in [3.05, 3.63) is 59.7 Å². The third-order valence-electron chi connectivity index (χ3n) is 3.08. The number of aromatic hydroxyl groups is 1. The Morgan fingerprint density at radius 3 is 2.36 bits per heavy atom. The Bertz CT molecular complexity index is 582. The summed E-state index contributed by atoms with van der Waals surface area (Å²) >= 11 is 0. The van der Waals surface area contributed by atoms with Gasteiger partial charge in [0.2, 0.25) is 6.43 Å². The molecular weight excluding hydrogens is 312 g/mol. The third-order valence-corrected chi connectivity index (χ3v) is 3.08. The van der Waals surface area contributed by atoms with E-state index in [1.165, 1.54) is 12.1 Å². The third kappa shape index (κ3) is 5.16. The molecule has 0 aliphatic heterocycles. The Hall–Kier alpha value is -1.85. The molecule has 0 radical (unpaired) electrons. The smallest absolute Gasteiger partial charge is 0.240 e. The summed E-state index contributed by atoms with van der Waals surface area (Å²) in [4.78, 5) is 0. The predicted octanol–water partition coefficient (Wildman–Crippen LogP) is 4.05. The molecule has 0 bridgehead atoms. The number of halogens is 3. The highest BCUT2D eigenvalue weighted by Gasteiger charge is 2.16. The highest BCUT2D eigenvalue weighted by molar-refractivity contribution is 5.85. The zero-order chi connectivity index (χ0) is 15.2. The van der Waals surface area contributed by atoms with Crippen LogP contribution < -0.4 is 10.5 Å². The average molecular weight is 330 g/mol. The van der Waals surface area contributed by atoms with Gasteiger partial charge in [0.15, 0.2) is 0 Å². The molecule has 0 aromatic heterocycles. The summed E-state index contributed by atoms with van der Waals surface area (Å²) in [6.45, 7) is 0.364. The van der Waals surface area contributed by atoms with Crippen LogP contribution in [0, 0.1) is 0 Å². The molecule has 0 aliphatic carbocycles. The topological polar surface area (TPSA) is 55.5 Å². The Morgan fingerprint density at radius 2 is 1.77 bits per heavy atom. The molecule has 0 aliphatic rings. The van der Waals surface area contributed by atoms with Gasteiger partial charge in [-0.1, -0.05) is 36.4 Å². The Balaban J connectivity index is 0.00000242. The van der Waals surface area contributed by atoms with E-state index in [1.807, 2.05) is 30.3 Å². The van der Waals surface area contributed by atoms with Crippen LogP contribution in [0.1, 0.15) is 23.6 Å². The summed E-state index contributed by atoms with van der Waals surface area (Å²) in [5.41, 5.74) is 6.92. The molecule has 0 unspecified atom stereocenters. The van der Waals surface area contributed by atoms with Gasteiger partial charge in [-0.3, -0.25) is 0 Å². The summed E-state index contributed by atoms with van der Waals surface area (Å²) in [5.74, 6) is 0.332. The predicted molar refractivity (Wildman–Crippen MR) is 83.7 cm³/mol. The number of nitrogens with two attached hydrogens (primary N) is 1. The van der Waals surface area contributed by atoms with Gasteiger partial charge in [0.25, 0.3) is 0 Å². The highest BCUT2D eigenvalue weighted by Crippen LogP contribution is 2.30. The zero-order valence-corrected chi connectivity index (χ0v) is 12.6. The highest BCUT2D eigenvalue weighted by atomic mass is 35.5. The second kappa shape index (κ2) is 8.56. The lowest BCUT2D eigenvalue weighted by Crippen LogP contribution is -2.14. The van der Waals surface area contributed by atoms with Gasteiger partial charge in [0.1, 0.15) is 18.1 Å². The second-order valence-electron chi connectivity index (χ2n) is 4.73. The molecule has 0 heterocycles. The van der Waals surface area contributed by atoms with E-state index in [2.05, 4.69) is 0 Å². The van der Waals surface area contributed by atoms with Crippen molar-refractivity contribution in [2.45, 2.75) is 25.5 Å². The number of ether oxygens (including phenoxy) is 1. The van der Waals surface area contributed by atoms with Gasteiger partial charge in [-0.05, 0) is 11.6 Å². The number of alkyl halides is 2. The molecule has 0 fully saturated rings. The Labute approximate surface area is 134 Å². The molecule has 1 atom stereocenters. The maximum atomic E-state index is 12.3. The monoisotopic (exact) mass is 329 g/mol. The summed E-state index contributed by atoms with van der Waals surface area (Å²) in [6.07, 6.45) is -2.99. The first-order valence-electron chi connectivity index (χ1n) is 6.59. The molecule has 0 saturated carbocycles. The van der Waals surface area contributed by atoms with Crippen LogP contribution in [0.5, 0.6) is 11.5 Å². The summed E-state index contributed by atoms with van der Waals surface area (Å²) in [7, 11) is 0. The van der Waals surface area contributed by atoms with Crippen molar-refractivity contribution in [3.63, 3.8) is 0 Å². The SMILES string of the molecule is Cl.N[C@@H](CC(F)F)c1ccc(OCc2ccccc2)cc1O. The molecule has 0 saturated heterocycles. The maximum Gasteiger partial charge on any atom is 0.240 e. The van der Waals surface area contributed by atoms with Gasteiger partial charge in [0.05, 0.1) is 0 Å². The van der Waals surface area contributed by atoms with Gasteiger partial charge in [-0.25, -0.2) is 8.78 Å². The fraction of sp³-hybridized carbons (Fsp3) is 0.250. The van der Waals surface area contributed by atoms with E-state index in [0.717, 1.165) is 5.56 Å². The van der Waals surface area contributed by atoms with Crippen LogP contribution in [0.2, 0.25) is 0 Å². The molecule has 2 rings (SSSR count). The number of phenolic OH excluding ortho intramolecular Hbond substituents is 1. The number of rotatable bonds is 6. The molecule has 0 spiro atoms. The largest absolute Gasteiger partial charge is 0.507 e. The molecule has 3 nitrogen and oxygen atoms in total. The first-order valence-corrected chi connectivity index (χ1v) is 6.59. The van der Waals surface area contributed by atoms with E-state index >= 15 is 0 Å². The van der Waals surface area contributed by atoms with Gasteiger partial charge >= 0.3 is 0 Å². The minimum Gasteiger partial charge on any atom is -0.507 e. The van der Waals surface area contributed by atoms with Gasteiger partial charge in [-0.2, -0.15) is 0 Å². The van der Waals surface area contributed by atoms with Crippen molar-refractivity contribution >= 4 is 12.4 Å². The lowest BCUT2D eigenvalue weighted by atomic mass is 10.0. The summed E-state index contributed by atoms with van der Waals surface area (Å²) in [6, 6.07) is 13.2. The summed E-state index contributed by atoms with van der Waals surface area (Å²) in [5, 5.41) is 9.87. The van der Waals surface area contributed by atoms with Crippen molar-refractivity contribution < 1.29 is 18.6 Å². The number of benzene rings is 2. The van der Waals surface area contributed by atoms with E-state index in [0.29, 0.717) is 17.9 Å². The van der Waals surface area contributed by atoms with Crippen LogP contribution in [-0.4, -0.2) is 11.5 Å². The van der Waals surface area contributed by atoms with Crippen LogP contribution >= 0.6 is 12.4 Å². The van der Waals surface area contributed by atoms with E-state index in [4.69, 9.17) is 10.5 Å². The first-order chi connectivity index (χ1) is 10.1. The Kier molecular flexibility index (Phi) is 7.08. The molecule has 2 aromatic rings. The quantitative estimate of drug-likeness (QED) is 0.840.